The molecule has 0 unspecified atom stereocenters. The molecule has 7 nitrogen and oxygen atoms in total. The lowest BCUT2D eigenvalue weighted by Crippen LogP contribution is -2.05. The van der Waals surface area contributed by atoms with Crippen molar-refractivity contribution < 1.29 is 0 Å². The SMILES string of the molecule is CC(C)n1cnc2c(Nc3ccccc3)nc(Nc3ccncc3)nc21. The Balaban J connectivity index is 1.80. The topological polar surface area (TPSA) is 80.5 Å². The molecule has 0 spiro atoms. The molecule has 0 bridgehead atoms. The van der Waals surface area contributed by atoms with Crippen LogP contribution in [0.4, 0.5) is 23.1 Å². The number of hydrogen-bond acceptors (Lipinski definition) is 6. The van der Waals surface area contributed by atoms with Crippen molar-refractivity contribution in [3.8, 4) is 0 Å². The van der Waals surface area contributed by atoms with Crippen molar-refractivity contribution in [2.24, 2.45) is 0 Å². The summed E-state index contributed by atoms with van der Waals surface area (Å²) in [7, 11) is 0. The Morgan fingerprint density at radius 3 is 2.35 bits per heavy atom. The molecule has 0 aliphatic carbocycles. The number of pyridine rings is 1. The summed E-state index contributed by atoms with van der Waals surface area (Å²) in [6, 6.07) is 13.9. The predicted octanol–water partition coefficient (Wildman–Crippen LogP) is 4.29. The van der Waals surface area contributed by atoms with Gasteiger partial charge in [0.1, 0.15) is 0 Å². The lowest BCUT2D eigenvalue weighted by molar-refractivity contribution is 0.613. The maximum absolute atomic E-state index is 4.67. The summed E-state index contributed by atoms with van der Waals surface area (Å²) in [5.74, 6) is 1.17. The van der Waals surface area contributed by atoms with E-state index in [-0.39, 0.29) is 6.04 Å². The lowest BCUT2D eigenvalue weighted by atomic mass is 10.3. The zero-order valence-electron chi connectivity index (χ0n) is 14.6. The van der Waals surface area contributed by atoms with Gasteiger partial charge in [-0.3, -0.25) is 4.98 Å². The summed E-state index contributed by atoms with van der Waals surface area (Å²) >= 11 is 0. The Bertz CT molecular complexity index is 1010. The third-order valence-corrected chi connectivity index (χ3v) is 3.95. The van der Waals surface area contributed by atoms with Crippen LogP contribution in [0, 0.1) is 0 Å². The number of nitrogens with one attached hydrogen (secondary N) is 2. The van der Waals surface area contributed by atoms with Gasteiger partial charge < -0.3 is 15.2 Å². The number of aromatic nitrogens is 5. The Hall–Kier alpha value is -3.48. The van der Waals surface area contributed by atoms with E-state index in [9.17, 15) is 0 Å². The average molecular weight is 345 g/mol. The Labute approximate surface area is 151 Å². The summed E-state index contributed by atoms with van der Waals surface area (Å²) in [6.45, 7) is 4.20. The van der Waals surface area contributed by atoms with E-state index in [1.807, 2.05) is 47.0 Å². The third-order valence-electron chi connectivity index (χ3n) is 3.95. The molecule has 7 heteroatoms. The van der Waals surface area contributed by atoms with Gasteiger partial charge in [0, 0.05) is 29.8 Å². The van der Waals surface area contributed by atoms with Crippen LogP contribution in [-0.4, -0.2) is 24.5 Å². The molecule has 0 aliphatic heterocycles. The summed E-state index contributed by atoms with van der Waals surface area (Å²) < 4.78 is 2.03. The van der Waals surface area contributed by atoms with Crippen molar-refractivity contribution in [2.75, 3.05) is 10.6 Å². The third kappa shape index (κ3) is 3.19. The first kappa shape index (κ1) is 16.0. The van der Waals surface area contributed by atoms with Crippen LogP contribution >= 0.6 is 0 Å². The van der Waals surface area contributed by atoms with E-state index in [2.05, 4.69) is 44.4 Å². The van der Waals surface area contributed by atoms with Crippen LogP contribution in [0.15, 0.2) is 61.2 Å². The molecule has 26 heavy (non-hydrogen) atoms. The maximum atomic E-state index is 4.67. The maximum Gasteiger partial charge on any atom is 0.231 e. The van der Waals surface area contributed by atoms with E-state index < -0.39 is 0 Å². The van der Waals surface area contributed by atoms with Crippen LogP contribution < -0.4 is 10.6 Å². The summed E-state index contributed by atoms with van der Waals surface area (Å²) in [6.07, 6.45) is 5.25. The summed E-state index contributed by atoms with van der Waals surface area (Å²) in [5, 5.41) is 6.58. The molecule has 0 saturated heterocycles. The second kappa shape index (κ2) is 6.79. The first-order valence-electron chi connectivity index (χ1n) is 8.44. The first-order valence-corrected chi connectivity index (χ1v) is 8.44. The highest BCUT2D eigenvalue weighted by Gasteiger charge is 2.15. The minimum Gasteiger partial charge on any atom is -0.338 e. The number of nitrogens with zero attached hydrogens (tertiary/aromatic N) is 5. The van der Waals surface area contributed by atoms with Gasteiger partial charge in [-0.25, -0.2) is 4.98 Å². The molecule has 0 atom stereocenters. The minimum absolute atomic E-state index is 0.244. The molecular weight excluding hydrogens is 326 g/mol. The van der Waals surface area contributed by atoms with Gasteiger partial charge in [-0.2, -0.15) is 9.97 Å². The van der Waals surface area contributed by atoms with E-state index in [0.717, 1.165) is 22.5 Å². The van der Waals surface area contributed by atoms with Gasteiger partial charge >= 0.3 is 0 Å². The predicted molar refractivity (Wildman–Crippen MR) is 103 cm³/mol. The largest absolute Gasteiger partial charge is 0.338 e. The van der Waals surface area contributed by atoms with Gasteiger partial charge in [0.15, 0.2) is 17.0 Å². The highest BCUT2D eigenvalue weighted by atomic mass is 15.2. The number of hydrogen-bond donors (Lipinski definition) is 2. The van der Waals surface area contributed by atoms with Crippen LogP contribution in [0.2, 0.25) is 0 Å². The van der Waals surface area contributed by atoms with E-state index >= 15 is 0 Å². The fourth-order valence-electron chi connectivity index (χ4n) is 2.66. The number of imidazole rings is 1. The number of fused-ring (bicyclic) bond motifs is 1. The van der Waals surface area contributed by atoms with Crippen molar-refractivity contribution in [2.45, 2.75) is 19.9 Å². The lowest BCUT2D eigenvalue weighted by Gasteiger charge is -2.12. The van der Waals surface area contributed by atoms with Gasteiger partial charge in [-0.1, -0.05) is 18.2 Å². The summed E-state index contributed by atoms with van der Waals surface area (Å²) in [4.78, 5) is 17.9. The normalized spacial score (nSPS) is 11.0. The smallest absolute Gasteiger partial charge is 0.231 e. The highest BCUT2D eigenvalue weighted by Crippen LogP contribution is 2.26. The Morgan fingerprint density at radius 1 is 0.885 bits per heavy atom. The van der Waals surface area contributed by atoms with E-state index in [1.165, 1.54) is 0 Å². The molecular formula is C19H19N7. The van der Waals surface area contributed by atoms with Crippen LogP contribution in [0.25, 0.3) is 11.2 Å². The molecule has 3 aromatic heterocycles. The molecule has 2 N–H and O–H groups in total. The molecule has 0 amide bonds. The Kier molecular flexibility index (Phi) is 4.18. The van der Waals surface area contributed by atoms with Crippen molar-refractivity contribution in [1.82, 2.24) is 24.5 Å². The van der Waals surface area contributed by atoms with Crippen molar-refractivity contribution in [3.05, 3.63) is 61.2 Å². The average Bonchev–Trinajstić information content (AvgIpc) is 3.08. The van der Waals surface area contributed by atoms with Crippen molar-refractivity contribution >= 4 is 34.3 Å². The van der Waals surface area contributed by atoms with E-state index in [1.54, 1.807) is 18.7 Å². The molecule has 130 valence electrons. The van der Waals surface area contributed by atoms with Crippen LogP contribution in [0.5, 0.6) is 0 Å². The molecule has 4 rings (SSSR count). The molecule has 0 fully saturated rings. The molecule has 3 heterocycles. The second-order valence-corrected chi connectivity index (χ2v) is 6.17. The standard InChI is InChI=1S/C19H19N7/c1-13(2)26-12-21-16-17(22-14-6-4-3-5-7-14)24-19(25-18(16)26)23-15-8-10-20-11-9-15/h3-13H,1-2H3,(H2,20,22,23,24,25). The summed E-state index contributed by atoms with van der Waals surface area (Å²) in [5.41, 5.74) is 3.34. The van der Waals surface area contributed by atoms with Gasteiger partial charge in [-0.15, -0.1) is 0 Å². The zero-order valence-corrected chi connectivity index (χ0v) is 14.6. The van der Waals surface area contributed by atoms with Crippen molar-refractivity contribution in [1.29, 1.82) is 0 Å². The van der Waals surface area contributed by atoms with Crippen molar-refractivity contribution in [3.63, 3.8) is 0 Å². The molecule has 0 aliphatic rings. The van der Waals surface area contributed by atoms with E-state index in [0.29, 0.717) is 11.8 Å². The molecule has 1 aromatic carbocycles. The van der Waals surface area contributed by atoms with Gasteiger partial charge in [0.05, 0.1) is 6.33 Å². The number of para-hydroxylation sites is 1. The van der Waals surface area contributed by atoms with Crippen LogP contribution in [-0.2, 0) is 0 Å². The number of anilines is 4. The van der Waals surface area contributed by atoms with Gasteiger partial charge in [0.25, 0.3) is 0 Å². The quantitative estimate of drug-likeness (QED) is 0.562. The first-order chi connectivity index (χ1) is 12.7. The highest BCUT2D eigenvalue weighted by molar-refractivity contribution is 5.87. The Morgan fingerprint density at radius 2 is 1.62 bits per heavy atom. The van der Waals surface area contributed by atoms with Gasteiger partial charge in [0.2, 0.25) is 5.95 Å². The molecule has 0 radical (unpaired) electrons. The molecule has 4 aromatic rings. The van der Waals surface area contributed by atoms with E-state index in [4.69, 9.17) is 0 Å². The number of rotatable bonds is 5. The zero-order chi connectivity index (χ0) is 17.9. The second-order valence-electron chi connectivity index (χ2n) is 6.17. The fourth-order valence-corrected chi connectivity index (χ4v) is 2.66. The number of benzene rings is 1. The minimum atomic E-state index is 0.244. The monoisotopic (exact) mass is 345 g/mol. The fraction of sp³-hybridized carbons (Fsp3) is 0.158. The van der Waals surface area contributed by atoms with Gasteiger partial charge in [-0.05, 0) is 38.1 Å². The van der Waals surface area contributed by atoms with Crippen LogP contribution in [0.3, 0.4) is 0 Å². The van der Waals surface area contributed by atoms with Crippen LogP contribution in [0.1, 0.15) is 19.9 Å². The molecule has 0 saturated carbocycles.